The van der Waals surface area contributed by atoms with Crippen LogP contribution in [0.25, 0.3) is 21.8 Å². The number of aromatic nitrogens is 2. The number of hydrogen-bond acceptors (Lipinski definition) is 6. The van der Waals surface area contributed by atoms with Gasteiger partial charge in [-0.25, -0.2) is 0 Å². The number of aryl methyl sites for hydroxylation is 2. The molecule has 0 saturated carbocycles. The minimum absolute atomic E-state index is 0.809. The highest BCUT2D eigenvalue weighted by Gasteiger charge is 2.05. The molecule has 0 aliphatic carbocycles. The van der Waals surface area contributed by atoms with Crippen LogP contribution in [0.15, 0.2) is 36.4 Å². The molecule has 0 aliphatic heterocycles. The number of rotatable bonds is 1. The Morgan fingerprint density at radius 2 is 1.70 bits per heavy atom. The van der Waals surface area contributed by atoms with Gasteiger partial charge >= 0.3 is 0 Å². The van der Waals surface area contributed by atoms with Crippen molar-refractivity contribution in [1.82, 2.24) is 8.75 Å². The Labute approximate surface area is 143 Å². The Hall–Kier alpha value is -2.18. The fourth-order valence-electron chi connectivity index (χ4n) is 2.46. The van der Waals surface area contributed by atoms with Gasteiger partial charge in [-0.15, -0.1) is 0 Å². The molecule has 0 saturated heterocycles. The summed E-state index contributed by atoms with van der Waals surface area (Å²) in [4.78, 5) is 0. The first-order valence-electron chi connectivity index (χ1n) is 7.34. The number of anilines is 2. The van der Waals surface area contributed by atoms with Crippen LogP contribution in [-0.2, 0) is 6.42 Å². The summed E-state index contributed by atoms with van der Waals surface area (Å²) in [6.07, 6.45) is 1.01. The van der Waals surface area contributed by atoms with Crippen LogP contribution >= 0.6 is 23.1 Å². The van der Waals surface area contributed by atoms with E-state index in [0.29, 0.717) is 0 Å². The topological polar surface area (TPSA) is 77.8 Å². The van der Waals surface area contributed by atoms with E-state index in [1.807, 2.05) is 24.3 Å². The van der Waals surface area contributed by atoms with E-state index in [2.05, 4.69) is 34.7 Å². The third kappa shape index (κ3) is 3.13. The van der Waals surface area contributed by atoms with Crippen LogP contribution < -0.4 is 11.5 Å². The van der Waals surface area contributed by atoms with E-state index < -0.39 is 0 Å². The van der Waals surface area contributed by atoms with E-state index in [1.165, 1.54) is 34.2 Å². The smallest absolute Gasteiger partial charge is 0.115 e. The van der Waals surface area contributed by atoms with Gasteiger partial charge in [-0.3, -0.25) is 0 Å². The number of hydrogen-bond donors (Lipinski definition) is 2. The third-order valence-corrected chi connectivity index (χ3v) is 5.05. The van der Waals surface area contributed by atoms with Crippen LogP contribution in [0.3, 0.4) is 0 Å². The van der Waals surface area contributed by atoms with Crippen molar-refractivity contribution in [2.24, 2.45) is 0 Å². The first-order chi connectivity index (χ1) is 11.1. The fourth-order valence-corrected chi connectivity index (χ4v) is 3.75. The van der Waals surface area contributed by atoms with Crippen molar-refractivity contribution < 1.29 is 0 Å². The summed E-state index contributed by atoms with van der Waals surface area (Å²) in [5.74, 6) is 0. The zero-order valence-electron chi connectivity index (χ0n) is 13.0. The van der Waals surface area contributed by atoms with E-state index in [1.54, 1.807) is 0 Å². The second-order valence-corrected chi connectivity index (χ2v) is 6.89. The molecule has 0 bridgehead atoms. The Morgan fingerprint density at radius 3 is 2.48 bits per heavy atom. The molecule has 23 heavy (non-hydrogen) atoms. The molecule has 0 unspecified atom stereocenters. The number of benzene rings is 2. The summed E-state index contributed by atoms with van der Waals surface area (Å²) in [6.45, 7) is 4.18. The molecule has 0 amide bonds. The maximum atomic E-state index is 5.81. The summed E-state index contributed by atoms with van der Waals surface area (Å²) in [7, 11) is 0. The normalized spacial score (nSPS) is 10.7. The van der Waals surface area contributed by atoms with Gasteiger partial charge in [0.15, 0.2) is 0 Å². The molecule has 0 aliphatic rings. The van der Waals surface area contributed by atoms with Gasteiger partial charge in [-0.05, 0) is 60.2 Å². The van der Waals surface area contributed by atoms with Crippen molar-refractivity contribution in [2.75, 3.05) is 11.5 Å². The lowest BCUT2D eigenvalue weighted by molar-refractivity contribution is 1.16. The van der Waals surface area contributed by atoms with E-state index in [9.17, 15) is 0 Å². The molecular formula is C17H18N4S2. The fraction of sp³-hybridized carbons (Fsp3) is 0.176. The third-order valence-electron chi connectivity index (χ3n) is 3.66. The Kier molecular flexibility index (Phi) is 4.45. The zero-order chi connectivity index (χ0) is 16.4. The predicted molar refractivity (Wildman–Crippen MR) is 102 cm³/mol. The van der Waals surface area contributed by atoms with E-state index in [0.717, 1.165) is 38.2 Å². The van der Waals surface area contributed by atoms with Crippen LogP contribution in [0, 0.1) is 6.92 Å². The molecule has 4 nitrogen and oxygen atoms in total. The average Bonchev–Trinajstić information content (AvgIpc) is 3.12. The average molecular weight is 342 g/mol. The van der Waals surface area contributed by atoms with Crippen molar-refractivity contribution >= 4 is 54.9 Å². The molecule has 0 fully saturated rings. The first-order valence-corrected chi connectivity index (χ1v) is 8.89. The summed E-state index contributed by atoms with van der Waals surface area (Å²) in [5.41, 5.74) is 16.0. The maximum Gasteiger partial charge on any atom is 0.115 e. The highest BCUT2D eigenvalue weighted by molar-refractivity contribution is 7.11. The molecule has 2 heterocycles. The van der Waals surface area contributed by atoms with Gasteiger partial charge in [-0.2, -0.15) is 8.75 Å². The van der Waals surface area contributed by atoms with Gasteiger partial charge in [0, 0.05) is 10.8 Å². The quantitative estimate of drug-likeness (QED) is 0.529. The zero-order valence-corrected chi connectivity index (χ0v) is 14.7. The molecule has 6 heteroatoms. The summed E-state index contributed by atoms with van der Waals surface area (Å²) >= 11 is 2.73. The van der Waals surface area contributed by atoms with Crippen LogP contribution in [-0.4, -0.2) is 8.75 Å². The molecule has 4 rings (SSSR count). The first kappa shape index (κ1) is 15.7. The lowest BCUT2D eigenvalue weighted by Gasteiger charge is -1.97. The van der Waals surface area contributed by atoms with Crippen molar-refractivity contribution in [2.45, 2.75) is 20.3 Å². The highest BCUT2D eigenvalue weighted by atomic mass is 32.1. The monoisotopic (exact) mass is 342 g/mol. The van der Waals surface area contributed by atoms with Gasteiger partial charge in [0.05, 0.1) is 11.0 Å². The van der Waals surface area contributed by atoms with Crippen molar-refractivity contribution in [3.05, 3.63) is 47.5 Å². The molecular weight excluding hydrogens is 324 g/mol. The number of nitrogen functional groups attached to an aromatic ring is 2. The summed E-state index contributed by atoms with van der Waals surface area (Å²) in [6, 6.07) is 12.2. The van der Waals surface area contributed by atoms with Gasteiger partial charge in [-0.1, -0.05) is 30.7 Å². The summed E-state index contributed by atoms with van der Waals surface area (Å²) < 4.78 is 8.42. The minimum Gasteiger partial charge on any atom is -0.389 e. The lowest BCUT2D eigenvalue weighted by atomic mass is 10.1. The Balaban J connectivity index is 0.000000136. The van der Waals surface area contributed by atoms with Gasteiger partial charge in [0.25, 0.3) is 0 Å². The molecule has 2 aromatic carbocycles. The highest BCUT2D eigenvalue weighted by Crippen LogP contribution is 2.28. The second-order valence-electron chi connectivity index (χ2n) is 5.28. The van der Waals surface area contributed by atoms with Crippen LogP contribution in [0.1, 0.15) is 18.1 Å². The van der Waals surface area contributed by atoms with Gasteiger partial charge in [0.1, 0.15) is 10.0 Å². The second kappa shape index (κ2) is 6.52. The van der Waals surface area contributed by atoms with Crippen molar-refractivity contribution in [3.63, 3.8) is 0 Å². The van der Waals surface area contributed by atoms with Crippen molar-refractivity contribution in [3.8, 4) is 0 Å². The lowest BCUT2D eigenvalue weighted by Crippen LogP contribution is -1.85. The Bertz CT molecular complexity index is 956. The minimum atomic E-state index is 0.809. The molecule has 4 aromatic rings. The largest absolute Gasteiger partial charge is 0.389 e. The van der Waals surface area contributed by atoms with Crippen LogP contribution in [0.2, 0.25) is 0 Å². The maximum absolute atomic E-state index is 5.81. The van der Waals surface area contributed by atoms with Crippen LogP contribution in [0.5, 0.6) is 0 Å². The molecule has 0 spiro atoms. The van der Waals surface area contributed by atoms with E-state index in [-0.39, 0.29) is 0 Å². The molecule has 4 N–H and O–H groups in total. The Morgan fingerprint density at radius 1 is 0.957 bits per heavy atom. The number of fused-ring (bicyclic) bond motifs is 2. The predicted octanol–water partition coefficient (Wildman–Crippen LogP) is 4.63. The number of nitrogens with zero attached hydrogens (tertiary/aromatic N) is 2. The van der Waals surface area contributed by atoms with E-state index >= 15 is 0 Å². The van der Waals surface area contributed by atoms with E-state index in [4.69, 9.17) is 11.5 Å². The molecule has 118 valence electrons. The molecule has 0 atom stereocenters. The molecule has 2 aromatic heterocycles. The standard InChI is InChI=1S/C9H10N2S.C8H8N2S/c1-2-6-4-3-5-7-8(6)9(10)12-11-7;1-5-2-3-7-6(4-5)8(9)11-10-7/h3-5H,2,10H2,1H3;2-4H,9H2,1H3. The molecule has 0 radical (unpaired) electrons. The number of nitrogens with two attached hydrogens (primary N) is 2. The SMILES string of the molecule is CCc1cccc2nsc(N)c12.Cc1ccc2nsc(N)c2c1. The summed E-state index contributed by atoms with van der Waals surface area (Å²) in [5, 5.41) is 3.87. The van der Waals surface area contributed by atoms with Crippen molar-refractivity contribution in [1.29, 1.82) is 0 Å². The van der Waals surface area contributed by atoms with Gasteiger partial charge in [0.2, 0.25) is 0 Å². The van der Waals surface area contributed by atoms with Crippen LogP contribution in [0.4, 0.5) is 10.0 Å². The van der Waals surface area contributed by atoms with Gasteiger partial charge < -0.3 is 11.5 Å².